The van der Waals surface area contributed by atoms with E-state index in [0.29, 0.717) is 25.4 Å². The first-order chi connectivity index (χ1) is 15.5. The molecule has 0 bridgehead atoms. The quantitative estimate of drug-likeness (QED) is 0.736. The van der Waals surface area contributed by atoms with Crippen LogP contribution in [0.4, 0.5) is 4.39 Å². The van der Waals surface area contributed by atoms with E-state index in [1.165, 1.54) is 12.1 Å². The van der Waals surface area contributed by atoms with Crippen LogP contribution in [0.2, 0.25) is 0 Å². The number of hydrogen-bond acceptors (Lipinski definition) is 4. The van der Waals surface area contributed by atoms with Crippen molar-refractivity contribution < 1.29 is 18.7 Å². The highest BCUT2D eigenvalue weighted by Crippen LogP contribution is 2.36. The van der Waals surface area contributed by atoms with Gasteiger partial charge in [0.25, 0.3) is 0 Å². The van der Waals surface area contributed by atoms with Gasteiger partial charge in [0.05, 0.1) is 12.5 Å². The molecule has 0 saturated carbocycles. The lowest BCUT2D eigenvalue weighted by molar-refractivity contribution is -0.137. The summed E-state index contributed by atoms with van der Waals surface area (Å²) in [5, 5.41) is 3.34. The maximum Gasteiger partial charge on any atom is 0.226 e. The standard InChI is InChI=1S/C26H33FN2O3/c1-29-13-3-4-22(18-29)28-25(30)26(11-14-32-15-12-26)17-19-5-7-20(8-6-19)23-16-21(27)9-10-24(23)31-2/h5-10,16,22H,3-4,11-15,17-18H2,1-2H3,(H,28,30)/t22-/m0/s1. The molecule has 2 fully saturated rings. The molecule has 6 heteroatoms. The molecule has 2 aliphatic heterocycles. The van der Waals surface area contributed by atoms with Crippen molar-refractivity contribution in [1.82, 2.24) is 10.2 Å². The Morgan fingerprint density at radius 2 is 1.97 bits per heavy atom. The number of carbonyl (C=O) groups excluding carboxylic acids is 1. The number of amides is 1. The molecular weight excluding hydrogens is 407 g/mol. The third-order valence-corrected chi connectivity index (χ3v) is 6.86. The predicted octanol–water partition coefficient (Wildman–Crippen LogP) is 4.05. The second kappa shape index (κ2) is 10.0. The van der Waals surface area contributed by atoms with Crippen molar-refractivity contribution in [3.8, 4) is 16.9 Å². The number of halogens is 1. The number of hydrogen-bond donors (Lipinski definition) is 1. The van der Waals surface area contributed by atoms with Crippen LogP contribution < -0.4 is 10.1 Å². The third-order valence-electron chi connectivity index (χ3n) is 6.86. The number of benzene rings is 2. The fraction of sp³-hybridized carbons (Fsp3) is 0.500. The van der Waals surface area contributed by atoms with Gasteiger partial charge in [-0.15, -0.1) is 0 Å². The molecule has 2 aromatic rings. The second-order valence-corrected chi connectivity index (χ2v) is 9.19. The van der Waals surface area contributed by atoms with E-state index in [2.05, 4.69) is 17.3 Å². The number of piperidine rings is 1. The van der Waals surface area contributed by atoms with Crippen molar-refractivity contribution in [2.24, 2.45) is 5.41 Å². The number of likely N-dealkylation sites (N-methyl/N-ethyl adjacent to an activating group) is 1. The molecule has 2 aromatic carbocycles. The lowest BCUT2D eigenvalue weighted by atomic mass is 9.74. The maximum atomic E-state index is 13.8. The summed E-state index contributed by atoms with van der Waals surface area (Å²) in [5.74, 6) is 0.491. The van der Waals surface area contributed by atoms with E-state index < -0.39 is 5.41 Å². The van der Waals surface area contributed by atoms with Gasteiger partial charge in [-0.3, -0.25) is 4.79 Å². The Labute approximate surface area is 189 Å². The highest BCUT2D eigenvalue weighted by molar-refractivity contribution is 5.83. The highest BCUT2D eigenvalue weighted by atomic mass is 19.1. The van der Waals surface area contributed by atoms with E-state index >= 15 is 0 Å². The van der Waals surface area contributed by atoms with Gasteiger partial charge in [-0.2, -0.15) is 0 Å². The van der Waals surface area contributed by atoms with E-state index in [1.807, 2.05) is 24.3 Å². The number of ether oxygens (including phenoxy) is 2. The largest absolute Gasteiger partial charge is 0.496 e. The molecule has 0 unspecified atom stereocenters. The summed E-state index contributed by atoms with van der Waals surface area (Å²) in [5.41, 5.74) is 2.26. The first-order valence-corrected chi connectivity index (χ1v) is 11.5. The molecule has 0 spiro atoms. The molecule has 0 aliphatic carbocycles. The lowest BCUT2D eigenvalue weighted by Gasteiger charge is -2.39. The minimum Gasteiger partial charge on any atom is -0.496 e. The predicted molar refractivity (Wildman–Crippen MR) is 123 cm³/mol. The molecule has 2 aliphatic rings. The van der Waals surface area contributed by atoms with E-state index in [1.54, 1.807) is 13.2 Å². The molecule has 1 N–H and O–H groups in total. The monoisotopic (exact) mass is 440 g/mol. The Morgan fingerprint density at radius 3 is 2.66 bits per heavy atom. The zero-order chi connectivity index (χ0) is 22.6. The van der Waals surface area contributed by atoms with Crippen LogP contribution >= 0.6 is 0 Å². The summed E-state index contributed by atoms with van der Waals surface area (Å²) in [7, 11) is 3.69. The van der Waals surface area contributed by atoms with E-state index in [4.69, 9.17) is 9.47 Å². The van der Waals surface area contributed by atoms with Gasteiger partial charge in [0, 0.05) is 31.4 Å². The molecular formula is C26H33FN2O3. The van der Waals surface area contributed by atoms with E-state index in [0.717, 1.165) is 55.5 Å². The Kier molecular flexibility index (Phi) is 7.11. The fourth-order valence-electron chi connectivity index (χ4n) is 4.97. The van der Waals surface area contributed by atoms with Crippen LogP contribution in [-0.4, -0.2) is 57.3 Å². The summed E-state index contributed by atoms with van der Waals surface area (Å²) in [6, 6.07) is 12.8. The number of carbonyl (C=O) groups is 1. The summed E-state index contributed by atoms with van der Waals surface area (Å²) in [6.45, 7) is 3.21. The fourth-order valence-corrected chi connectivity index (χ4v) is 4.97. The van der Waals surface area contributed by atoms with Crippen molar-refractivity contribution in [2.75, 3.05) is 40.5 Å². The molecule has 1 atom stereocenters. The average molecular weight is 441 g/mol. The second-order valence-electron chi connectivity index (χ2n) is 9.19. The van der Waals surface area contributed by atoms with E-state index in [9.17, 15) is 9.18 Å². The van der Waals surface area contributed by atoms with Crippen LogP contribution in [-0.2, 0) is 16.0 Å². The van der Waals surface area contributed by atoms with Crippen molar-refractivity contribution in [3.05, 3.63) is 53.8 Å². The Hall–Kier alpha value is -2.44. The molecule has 172 valence electrons. The number of nitrogens with one attached hydrogen (secondary N) is 1. The van der Waals surface area contributed by atoms with Crippen LogP contribution in [0.5, 0.6) is 5.75 Å². The SMILES string of the molecule is COc1ccc(F)cc1-c1ccc(CC2(C(=O)N[C@H]3CCCN(C)C3)CCOCC2)cc1. The maximum absolute atomic E-state index is 13.8. The molecule has 2 heterocycles. The van der Waals surface area contributed by atoms with Gasteiger partial charge in [-0.1, -0.05) is 24.3 Å². The van der Waals surface area contributed by atoms with Gasteiger partial charge in [0.15, 0.2) is 0 Å². The number of nitrogens with zero attached hydrogens (tertiary/aromatic N) is 1. The van der Waals surface area contributed by atoms with Gasteiger partial charge in [0.2, 0.25) is 5.91 Å². The molecule has 5 nitrogen and oxygen atoms in total. The van der Waals surface area contributed by atoms with Gasteiger partial charge in [-0.05, 0) is 75.0 Å². The number of likely N-dealkylation sites (tertiary alicyclic amines) is 1. The first-order valence-electron chi connectivity index (χ1n) is 11.5. The van der Waals surface area contributed by atoms with Crippen LogP contribution in [0.25, 0.3) is 11.1 Å². The van der Waals surface area contributed by atoms with Gasteiger partial charge >= 0.3 is 0 Å². The zero-order valence-corrected chi connectivity index (χ0v) is 19.0. The molecule has 0 radical (unpaired) electrons. The molecule has 1 amide bonds. The summed E-state index contributed by atoms with van der Waals surface area (Å²) < 4.78 is 24.8. The topological polar surface area (TPSA) is 50.8 Å². The smallest absolute Gasteiger partial charge is 0.226 e. The molecule has 32 heavy (non-hydrogen) atoms. The average Bonchev–Trinajstić information content (AvgIpc) is 2.80. The van der Waals surface area contributed by atoms with Gasteiger partial charge < -0.3 is 19.7 Å². The summed E-state index contributed by atoms with van der Waals surface area (Å²) >= 11 is 0. The minimum atomic E-state index is -0.452. The van der Waals surface area contributed by atoms with Crippen LogP contribution in [0.15, 0.2) is 42.5 Å². The number of methoxy groups -OCH3 is 1. The summed E-state index contributed by atoms with van der Waals surface area (Å²) in [4.78, 5) is 15.7. The Balaban J connectivity index is 1.52. The Morgan fingerprint density at radius 1 is 1.22 bits per heavy atom. The van der Waals surface area contributed by atoms with E-state index in [-0.39, 0.29) is 17.8 Å². The van der Waals surface area contributed by atoms with Crippen molar-refractivity contribution in [2.45, 2.75) is 38.1 Å². The molecule has 2 saturated heterocycles. The van der Waals surface area contributed by atoms with Crippen LogP contribution in [0, 0.1) is 11.2 Å². The van der Waals surface area contributed by atoms with Gasteiger partial charge in [-0.25, -0.2) is 4.39 Å². The van der Waals surface area contributed by atoms with Gasteiger partial charge in [0.1, 0.15) is 11.6 Å². The lowest BCUT2D eigenvalue weighted by Crippen LogP contribution is -2.53. The zero-order valence-electron chi connectivity index (χ0n) is 19.0. The summed E-state index contributed by atoms with van der Waals surface area (Å²) in [6.07, 6.45) is 4.27. The van der Waals surface area contributed by atoms with Crippen molar-refractivity contribution in [1.29, 1.82) is 0 Å². The molecule has 4 rings (SSSR count). The van der Waals surface area contributed by atoms with Crippen molar-refractivity contribution in [3.63, 3.8) is 0 Å². The highest BCUT2D eigenvalue weighted by Gasteiger charge is 2.41. The Bertz CT molecular complexity index is 925. The molecule has 0 aromatic heterocycles. The number of rotatable bonds is 6. The minimum absolute atomic E-state index is 0.150. The van der Waals surface area contributed by atoms with Crippen LogP contribution in [0.1, 0.15) is 31.2 Å². The van der Waals surface area contributed by atoms with Crippen molar-refractivity contribution >= 4 is 5.91 Å². The van der Waals surface area contributed by atoms with Crippen LogP contribution in [0.3, 0.4) is 0 Å². The third kappa shape index (κ3) is 5.13. The first kappa shape index (κ1) is 22.7. The normalized spacial score (nSPS) is 21.2.